The molecule has 22 heavy (non-hydrogen) atoms. The predicted octanol–water partition coefficient (Wildman–Crippen LogP) is 2.39. The number of carbonyl (C=O) groups excluding carboxylic acids is 1. The van der Waals surface area contributed by atoms with Gasteiger partial charge in [-0.2, -0.15) is 0 Å². The molecule has 1 amide bonds. The third kappa shape index (κ3) is 3.59. The molecule has 0 saturated heterocycles. The average Bonchev–Trinajstić information content (AvgIpc) is 2.43. The van der Waals surface area contributed by atoms with Gasteiger partial charge in [0.2, 0.25) is 5.91 Å². The van der Waals surface area contributed by atoms with E-state index in [9.17, 15) is 9.90 Å². The normalized spacial score (nSPS) is 17.5. The molecule has 2 rings (SSSR count). The maximum atomic E-state index is 11.7. The summed E-state index contributed by atoms with van der Waals surface area (Å²) in [7, 11) is 1.58. The zero-order chi connectivity index (χ0) is 16.5. The molecule has 1 aromatic carbocycles. The lowest BCUT2D eigenvalue weighted by Gasteiger charge is -2.31. The zero-order valence-electron chi connectivity index (χ0n) is 14.0. The number of carbonyl (C=O) groups is 1. The first-order chi connectivity index (χ1) is 10.2. The monoisotopic (exact) mass is 306 g/mol. The first-order valence-electron chi connectivity index (χ1n) is 7.68. The molecule has 0 aliphatic carbocycles. The molecule has 122 valence electrons. The molecule has 0 spiro atoms. The van der Waals surface area contributed by atoms with Crippen molar-refractivity contribution in [1.29, 1.82) is 0 Å². The Hall–Kier alpha value is -1.59. The Labute approximate surface area is 132 Å². The molecule has 1 aromatic rings. The van der Waals surface area contributed by atoms with Crippen molar-refractivity contribution in [3.63, 3.8) is 0 Å². The van der Waals surface area contributed by atoms with Crippen molar-refractivity contribution in [2.24, 2.45) is 0 Å². The molecule has 0 fully saturated rings. The highest BCUT2D eigenvalue weighted by Crippen LogP contribution is 2.38. The fraction of sp³-hybridized carbons (Fsp3) is 0.588. The second-order valence-corrected chi connectivity index (χ2v) is 6.89. The molecule has 0 saturated carbocycles. The van der Waals surface area contributed by atoms with Crippen LogP contribution in [0.2, 0.25) is 0 Å². The van der Waals surface area contributed by atoms with Gasteiger partial charge in [0.15, 0.2) is 0 Å². The van der Waals surface area contributed by atoms with E-state index in [2.05, 4.69) is 31.4 Å². The Morgan fingerprint density at radius 2 is 2.00 bits per heavy atom. The van der Waals surface area contributed by atoms with Crippen molar-refractivity contribution < 1.29 is 14.6 Å². The lowest BCUT2D eigenvalue weighted by atomic mass is 9.90. The van der Waals surface area contributed by atoms with Crippen LogP contribution in [0.15, 0.2) is 12.1 Å². The third-order valence-electron chi connectivity index (χ3n) is 3.85. The van der Waals surface area contributed by atoms with E-state index in [1.54, 1.807) is 13.2 Å². The molecule has 5 nitrogen and oxygen atoms in total. The minimum absolute atomic E-state index is 0.0155. The Balaban J connectivity index is 2.35. The Kier molecular flexibility index (Phi) is 4.78. The number of ether oxygens (including phenoxy) is 1. The lowest BCUT2D eigenvalue weighted by Crippen LogP contribution is -2.45. The largest absolute Gasteiger partial charge is 0.495 e. The number of hydrogen-bond donors (Lipinski definition) is 3. The maximum Gasteiger partial charge on any atom is 0.224 e. The van der Waals surface area contributed by atoms with E-state index in [1.807, 2.05) is 13.0 Å². The van der Waals surface area contributed by atoms with Gasteiger partial charge in [-0.05, 0) is 51.3 Å². The molecule has 1 aliphatic heterocycles. The highest BCUT2D eigenvalue weighted by molar-refractivity contribution is 5.96. The fourth-order valence-corrected chi connectivity index (χ4v) is 2.97. The molecule has 1 aliphatic rings. The molecule has 3 N–H and O–H groups in total. The summed E-state index contributed by atoms with van der Waals surface area (Å²) >= 11 is 0. The highest BCUT2D eigenvalue weighted by atomic mass is 16.5. The van der Waals surface area contributed by atoms with Gasteiger partial charge in [0.1, 0.15) is 5.75 Å². The van der Waals surface area contributed by atoms with Crippen molar-refractivity contribution in [2.45, 2.75) is 58.2 Å². The van der Waals surface area contributed by atoms with Gasteiger partial charge in [0, 0.05) is 18.0 Å². The van der Waals surface area contributed by atoms with Crippen LogP contribution >= 0.6 is 0 Å². The van der Waals surface area contributed by atoms with Gasteiger partial charge in [0.25, 0.3) is 0 Å². The summed E-state index contributed by atoms with van der Waals surface area (Å²) in [5.41, 5.74) is 2.42. The number of hydrogen-bond acceptors (Lipinski definition) is 4. The van der Waals surface area contributed by atoms with Crippen LogP contribution in [0, 0.1) is 0 Å². The number of nitrogens with one attached hydrogen (secondary N) is 2. The number of fused-ring (bicyclic) bond motifs is 1. The standard InChI is InChI=1S/C17H26N2O3/c1-10(19-17(2,3)4)16(21)12-6-8-13(22-5)15-11(12)7-9-14(20)18-15/h6,8,10,16,19,21H,7,9H2,1-5H3,(H,18,20). The number of methoxy groups -OCH3 is 1. The molecule has 1 heterocycles. The van der Waals surface area contributed by atoms with Gasteiger partial charge >= 0.3 is 0 Å². The van der Waals surface area contributed by atoms with Gasteiger partial charge < -0.3 is 20.5 Å². The van der Waals surface area contributed by atoms with Crippen LogP contribution in [0.4, 0.5) is 5.69 Å². The van der Waals surface area contributed by atoms with E-state index in [0.717, 1.165) is 11.1 Å². The van der Waals surface area contributed by atoms with Crippen LogP contribution in [0.1, 0.15) is 51.3 Å². The second kappa shape index (κ2) is 6.26. The smallest absolute Gasteiger partial charge is 0.224 e. The Morgan fingerprint density at radius 1 is 1.32 bits per heavy atom. The molecular weight excluding hydrogens is 280 g/mol. The van der Waals surface area contributed by atoms with Crippen LogP contribution in [0.3, 0.4) is 0 Å². The minimum Gasteiger partial charge on any atom is -0.495 e. The Bertz CT molecular complexity index is 564. The first-order valence-corrected chi connectivity index (χ1v) is 7.68. The van der Waals surface area contributed by atoms with Crippen molar-refractivity contribution in [1.82, 2.24) is 5.32 Å². The van der Waals surface area contributed by atoms with Crippen molar-refractivity contribution in [3.05, 3.63) is 23.3 Å². The molecular formula is C17H26N2O3. The topological polar surface area (TPSA) is 70.6 Å². The number of aliphatic hydroxyl groups is 1. The summed E-state index contributed by atoms with van der Waals surface area (Å²) in [5.74, 6) is 0.619. The van der Waals surface area contributed by atoms with Gasteiger partial charge in [-0.1, -0.05) is 6.07 Å². The van der Waals surface area contributed by atoms with Crippen molar-refractivity contribution in [3.8, 4) is 5.75 Å². The van der Waals surface area contributed by atoms with Crippen LogP contribution in [0.5, 0.6) is 5.75 Å². The van der Waals surface area contributed by atoms with Crippen molar-refractivity contribution >= 4 is 11.6 Å². The summed E-state index contributed by atoms with van der Waals surface area (Å²) in [5, 5.41) is 17.0. The summed E-state index contributed by atoms with van der Waals surface area (Å²) in [6.07, 6.45) is 0.405. The van der Waals surface area contributed by atoms with Gasteiger partial charge in [0.05, 0.1) is 18.9 Å². The third-order valence-corrected chi connectivity index (χ3v) is 3.85. The molecule has 5 heteroatoms. The fourth-order valence-electron chi connectivity index (χ4n) is 2.97. The molecule has 0 aromatic heterocycles. The molecule has 2 unspecified atom stereocenters. The number of aliphatic hydroxyl groups excluding tert-OH is 1. The van der Waals surface area contributed by atoms with E-state index < -0.39 is 6.10 Å². The SMILES string of the molecule is COc1ccc(C(O)C(C)NC(C)(C)C)c2c1NC(=O)CC2. The minimum atomic E-state index is -0.645. The number of rotatable bonds is 4. The maximum absolute atomic E-state index is 11.7. The van der Waals surface area contributed by atoms with E-state index in [1.165, 1.54) is 0 Å². The summed E-state index contributed by atoms with van der Waals surface area (Å²) in [6.45, 7) is 8.17. The van der Waals surface area contributed by atoms with Gasteiger partial charge in [-0.3, -0.25) is 4.79 Å². The van der Waals surface area contributed by atoms with Crippen LogP contribution in [0.25, 0.3) is 0 Å². The average molecular weight is 306 g/mol. The number of anilines is 1. The van der Waals surface area contributed by atoms with E-state index >= 15 is 0 Å². The van der Waals surface area contributed by atoms with Crippen LogP contribution in [-0.2, 0) is 11.2 Å². The highest BCUT2D eigenvalue weighted by Gasteiger charge is 2.28. The van der Waals surface area contributed by atoms with E-state index in [4.69, 9.17) is 4.74 Å². The summed E-state index contributed by atoms with van der Waals surface area (Å²) in [4.78, 5) is 11.7. The predicted molar refractivity (Wildman–Crippen MR) is 87.3 cm³/mol. The van der Waals surface area contributed by atoms with Gasteiger partial charge in [-0.25, -0.2) is 0 Å². The van der Waals surface area contributed by atoms with E-state index in [0.29, 0.717) is 24.3 Å². The van der Waals surface area contributed by atoms with Crippen LogP contribution in [-0.4, -0.2) is 29.7 Å². The zero-order valence-corrected chi connectivity index (χ0v) is 14.0. The van der Waals surface area contributed by atoms with Gasteiger partial charge in [-0.15, -0.1) is 0 Å². The van der Waals surface area contributed by atoms with E-state index in [-0.39, 0.29) is 17.5 Å². The van der Waals surface area contributed by atoms with Crippen LogP contribution < -0.4 is 15.4 Å². The quantitative estimate of drug-likeness (QED) is 0.799. The lowest BCUT2D eigenvalue weighted by molar-refractivity contribution is -0.116. The number of amides is 1. The molecule has 0 radical (unpaired) electrons. The summed E-state index contributed by atoms with van der Waals surface area (Å²) in [6, 6.07) is 3.59. The molecule has 0 bridgehead atoms. The van der Waals surface area contributed by atoms with Crippen molar-refractivity contribution in [2.75, 3.05) is 12.4 Å². The second-order valence-electron chi connectivity index (χ2n) is 6.89. The first kappa shape index (κ1) is 16.8. The Morgan fingerprint density at radius 3 is 2.59 bits per heavy atom. The summed E-state index contributed by atoms with van der Waals surface area (Å²) < 4.78 is 5.32. The number of benzene rings is 1. The molecule has 2 atom stereocenters.